The van der Waals surface area contributed by atoms with E-state index in [0.29, 0.717) is 19.3 Å². The molecule has 0 aliphatic carbocycles. The number of carbonyl (C=O) groups excluding carboxylic acids is 3. The third-order valence-electron chi connectivity index (χ3n) is 12.0. The van der Waals surface area contributed by atoms with Crippen molar-refractivity contribution >= 4 is 17.9 Å². The van der Waals surface area contributed by atoms with Gasteiger partial charge in [0.25, 0.3) is 0 Å². The van der Waals surface area contributed by atoms with Gasteiger partial charge in [0.2, 0.25) is 0 Å². The van der Waals surface area contributed by atoms with Gasteiger partial charge in [-0.15, -0.1) is 0 Å². The highest BCUT2D eigenvalue weighted by Crippen LogP contribution is 2.14. The highest BCUT2D eigenvalue weighted by atomic mass is 16.6. The van der Waals surface area contributed by atoms with Crippen molar-refractivity contribution in [2.45, 2.75) is 271 Å². The summed E-state index contributed by atoms with van der Waals surface area (Å²) in [5.74, 6) is -0.947. The second-order valence-corrected chi connectivity index (χ2v) is 18.8. The minimum atomic E-state index is -0.802. The molecular weight excluding hydrogens is 853 g/mol. The van der Waals surface area contributed by atoms with Gasteiger partial charge in [0.15, 0.2) is 6.10 Å². The number of allylic oxidation sites excluding steroid dienone is 16. The Labute approximate surface area is 426 Å². The van der Waals surface area contributed by atoms with Crippen LogP contribution < -0.4 is 0 Å². The third-order valence-corrected chi connectivity index (χ3v) is 12.0. The van der Waals surface area contributed by atoms with Crippen LogP contribution in [0.25, 0.3) is 0 Å². The average Bonchev–Trinajstić information content (AvgIpc) is 3.35. The number of hydrogen-bond donors (Lipinski definition) is 0. The topological polar surface area (TPSA) is 78.9 Å². The van der Waals surface area contributed by atoms with Crippen LogP contribution in [0.1, 0.15) is 265 Å². The standard InChI is InChI=1S/C63H106O6/c1-4-7-10-13-16-19-22-25-28-31-34-37-40-43-46-49-52-55-61(64)67-58-60(69-63(66)57-54-51-48-45-42-39-36-33-30-27-24-21-18-15-12-9-6-3)59-68-62(65)56-53-50-47-44-41-38-35-32-29-26-23-20-17-14-11-8-5-2/h16-21,25-30,34-35,37-38,60H,4-15,22-24,31-33,36,39-59H2,1-3H3/b19-16-,20-17-,21-18-,28-25-,29-26-,30-27-,37-34-,38-35-. The predicted molar refractivity (Wildman–Crippen MR) is 297 cm³/mol. The molecule has 0 spiro atoms. The first-order valence-electron chi connectivity index (χ1n) is 28.7. The zero-order valence-corrected chi connectivity index (χ0v) is 45.0. The van der Waals surface area contributed by atoms with Gasteiger partial charge >= 0.3 is 17.9 Å². The zero-order chi connectivity index (χ0) is 50.0. The van der Waals surface area contributed by atoms with E-state index in [1.54, 1.807) is 0 Å². The Morgan fingerprint density at radius 2 is 0.522 bits per heavy atom. The SMILES string of the molecule is CCCCC/C=C\C/C=C\C/C=C\CCCCCCC(=O)OCC(COC(=O)CCCCCC/C=C\C/C=C\C/C=C\CCCCC)OC(=O)CCCCCCCCC/C=C\C/C=C\CCCCC. The van der Waals surface area contributed by atoms with Crippen molar-refractivity contribution in [3.8, 4) is 0 Å². The maximum atomic E-state index is 12.9. The van der Waals surface area contributed by atoms with Gasteiger partial charge in [-0.25, -0.2) is 0 Å². The molecule has 0 unspecified atom stereocenters. The van der Waals surface area contributed by atoms with Gasteiger partial charge in [0.05, 0.1) is 0 Å². The molecule has 0 bridgehead atoms. The van der Waals surface area contributed by atoms with E-state index in [0.717, 1.165) is 122 Å². The molecule has 0 aromatic carbocycles. The molecule has 0 saturated heterocycles. The van der Waals surface area contributed by atoms with Gasteiger partial charge in [0.1, 0.15) is 13.2 Å². The largest absolute Gasteiger partial charge is 0.462 e. The summed E-state index contributed by atoms with van der Waals surface area (Å²) in [4.78, 5) is 38.2. The maximum absolute atomic E-state index is 12.9. The lowest BCUT2D eigenvalue weighted by molar-refractivity contribution is -0.167. The van der Waals surface area contributed by atoms with Gasteiger partial charge in [0, 0.05) is 19.3 Å². The van der Waals surface area contributed by atoms with Gasteiger partial charge in [-0.2, -0.15) is 0 Å². The fraction of sp³-hybridized carbons (Fsp3) is 0.698. The highest BCUT2D eigenvalue weighted by molar-refractivity contribution is 5.71. The monoisotopic (exact) mass is 959 g/mol. The van der Waals surface area contributed by atoms with Crippen LogP contribution in [0.4, 0.5) is 0 Å². The first kappa shape index (κ1) is 65.3. The van der Waals surface area contributed by atoms with Crippen LogP contribution in [-0.4, -0.2) is 37.2 Å². The number of ether oxygens (including phenoxy) is 3. The Balaban J connectivity index is 4.49. The Kier molecular flexibility index (Phi) is 53.9. The van der Waals surface area contributed by atoms with Gasteiger partial charge in [-0.3, -0.25) is 14.4 Å². The summed E-state index contributed by atoms with van der Waals surface area (Å²) in [5.41, 5.74) is 0. The smallest absolute Gasteiger partial charge is 0.306 e. The first-order chi connectivity index (χ1) is 34.0. The van der Waals surface area contributed by atoms with Crippen LogP contribution in [0, 0.1) is 0 Å². The molecule has 0 aromatic heterocycles. The summed E-state index contributed by atoms with van der Waals surface area (Å²) >= 11 is 0. The summed E-state index contributed by atoms with van der Waals surface area (Å²) in [6.45, 7) is 6.52. The van der Waals surface area contributed by atoms with Crippen molar-refractivity contribution in [1.82, 2.24) is 0 Å². The molecule has 0 rings (SSSR count). The molecule has 394 valence electrons. The molecular formula is C63H106O6. The summed E-state index contributed by atoms with van der Waals surface area (Å²) in [7, 11) is 0. The Bertz CT molecular complexity index is 1310. The van der Waals surface area contributed by atoms with Crippen LogP contribution in [0.5, 0.6) is 0 Å². The lowest BCUT2D eigenvalue weighted by atomic mass is 10.1. The summed E-state index contributed by atoms with van der Waals surface area (Å²) in [5, 5.41) is 0. The molecule has 6 nitrogen and oxygen atoms in total. The molecule has 0 aliphatic rings. The normalized spacial score (nSPS) is 12.4. The van der Waals surface area contributed by atoms with Gasteiger partial charge < -0.3 is 14.2 Å². The van der Waals surface area contributed by atoms with Crippen molar-refractivity contribution < 1.29 is 28.6 Å². The van der Waals surface area contributed by atoms with E-state index < -0.39 is 6.10 Å². The van der Waals surface area contributed by atoms with Crippen LogP contribution in [-0.2, 0) is 28.6 Å². The highest BCUT2D eigenvalue weighted by Gasteiger charge is 2.19. The molecule has 0 N–H and O–H groups in total. The van der Waals surface area contributed by atoms with Crippen molar-refractivity contribution in [1.29, 1.82) is 0 Å². The quantitative estimate of drug-likeness (QED) is 0.0262. The van der Waals surface area contributed by atoms with Crippen molar-refractivity contribution in [3.63, 3.8) is 0 Å². The van der Waals surface area contributed by atoms with Crippen molar-refractivity contribution in [3.05, 3.63) is 97.2 Å². The number of esters is 3. The van der Waals surface area contributed by atoms with E-state index in [1.807, 2.05) is 0 Å². The molecule has 0 saturated carbocycles. The van der Waals surface area contributed by atoms with Crippen LogP contribution in [0.15, 0.2) is 97.2 Å². The number of hydrogen-bond acceptors (Lipinski definition) is 6. The molecule has 0 amide bonds. The second kappa shape index (κ2) is 56.9. The second-order valence-electron chi connectivity index (χ2n) is 18.8. The summed E-state index contributed by atoms with van der Waals surface area (Å²) in [6.07, 6.45) is 75.3. The molecule has 0 atom stereocenters. The molecule has 0 radical (unpaired) electrons. The fourth-order valence-corrected chi connectivity index (χ4v) is 7.66. The molecule has 0 heterocycles. The Morgan fingerprint density at radius 1 is 0.290 bits per heavy atom. The van der Waals surface area contributed by atoms with E-state index >= 15 is 0 Å². The molecule has 0 aromatic rings. The minimum absolute atomic E-state index is 0.100. The van der Waals surface area contributed by atoms with Crippen molar-refractivity contribution in [2.75, 3.05) is 13.2 Å². The molecule has 0 aliphatic heterocycles. The average molecular weight is 960 g/mol. The Hall–Kier alpha value is -3.67. The lowest BCUT2D eigenvalue weighted by Gasteiger charge is -2.18. The first-order valence-corrected chi connectivity index (χ1v) is 28.7. The van der Waals surface area contributed by atoms with Crippen molar-refractivity contribution in [2.24, 2.45) is 0 Å². The van der Waals surface area contributed by atoms with E-state index in [9.17, 15) is 14.4 Å². The van der Waals surface area contributed by atoms with E-state index in [-0.39, 0.29) is 31.1 Å². The van der Waals surface area contributed by atoms with E-state index in [4.69, 9.17) is 14.2 Å². The third kappa shape index (κ3) is 55.1. The molecule has 69 heavy (non-hydrogen) atoms. The van der Waals surface area contributed by atoms with Gasteiger partial charge in [-0.05, 0) is 128 Å². The lowest BCUT2D eigenvalue weighted by Crippen LogP contribution is -2.30. The summed E-state index contributed by atoms with van der Waals surface area (Å²) < 4.78 is 16.8. The fourth-order valence-electron chi connectivity index (χ4n) is 7.66. The number of unbranched alkanes of at least 4 members (excludes halogenated alkanes) is 24. The summed E-state index contributed by atoms with van der Waals surface area (Å²) in [6, 6.07) is 0. The van der Waals surface area contributed by atoms with E-state index in [2.05, 4.69) is 118 Å². The predicted octanol–water partition coefficient (Wildman–Crippen LogP) is 19.3. The van der Waals surface area contributed by atoms with Crippen LogP contribution >= 0.6 is 0 Å². The van der Waals surface area contributed by atoms with Gasteiger partial charge in [-0.1, -0.05) is 214 Å². The minimum Gasteiger partial charge on any atom is -0.462 e. The van der Waals surface area contributed by atoms with Crippen LogP contribution in [0.2, 0.25) is 0 Å². The number of carbonyl (C=O) groups is 3. The van der Waals surface area contributed by atoms with Crippen LogP contribution in [0.3, 0.4) is 0 Å². The maximum Gasteiger partial charge on any atom is 0.306 e. The molecule has 6 heteroatoms. The van der Waals surface area contributed by atoms with E-state index in [1.165, 1.54) is 103 Å². The Morgan fingerprint density at radius 3 is 0.812 bits per heavy atom. The zero-order valence-electron chi connectivity index (χ0n) is 45.0. The molecule has 0 fully saturated rings. The number of rotatable bonds is 51.